The van der Waals surface area contributed by atoms with Crippen LogP contribution in [0.4, 0.5) is 10.5 Å². The van der Waals surface area contributed by atoms with Crippen molar-refractivity contribution in [3.8, 4) is 0 Å². The number of nitrogens with one attached hydrogen (secondary N) is 2. The summed E-state index contributed by atoms with van der Waals surface area (Å²) in [6, 6.07) is 4.25. The molecule has 2 aliphatic rings. The van der Waals surface area contributed by atoms with Crippen LogP contribution in [-0.4, -0.2) is 53.7 Å². The fourth-order valence-electron chi connectivity index (χ4n) is 3.78. The van der Waals surface area contributed by atoms with E-state index in [2.05, 4.69) is 15.6 Å². The molecule has 1 saturated heterocycles. The Bertz CT molecular complexity index is 621. The van der Waals surface area contributed by atoms with E-state index in [1.165, 1.54) is 19.3 Å². The second kappa shape index (κ2) is 9.58. The summed E-state index contributed by atoms with van der Waals surface area (Å²) < 4.78 is 5.04. The summed E-state index contributed by atoms with van der Waals surface area (Å²) in [6.07, 6.45) is 8.99. The molecule has 0 radical (unpaired) electrons. The number of hydrogen-bond donors (Lipinski definition) is 2. The summed E-state index contributed by atoms with van der Waals surface area (Å²) in [5, 5.41) is 6.54. The molecule has 7 heteroatoms. The van der Waals surface area contributed by atoms with Gasteiger partial charge in [-0.3, -0.25) is 4.79 Å². The van der Waals surface area contributed by atoms with E-state index in [0.29, 0.717) is 31.4 Å². The van der Waals surface area contributed by atoms with E-state index >= 15 is 0 Å². The summed E-state index contributed by atoms with van der Waals surface area (Å²) in [4.78, 5) is 30.1. The number of aromatic nitrogens is 1. The fourth-order valence-corrected chi connectivity index (χ4v) is 3.78. The van der Waals surface area contributed by atoms with Crippen molar-refractivity contribution in [2.24, 2.45) is 0 Å². The van der Waals surface area contributed by atoms with Crippen LogP contribution in [0.15, 0.2) is 18.3 Å². The Balaban J connectivity index is 1.45. The van der Waals surface area contributed by atoms with Gasteiger partial charge >= 0.3 is 6.09 Å². The van der Waals surface area contributed by atoms with Crippen LogP contribution in [0.1, 0.15) is 62.4 Å². The topological polar surface area (TPSA) is 83.6 Å². The third-order valence-electron chi connectivity index (χ3n) is 5.33. The minimum Gasteiger partial charge on any atom is -0.450 e. The van der Waals surface area contributed by atoms with Crippen LogP contribution in [0.3, 0.4) is 0 Å². The highest BCUT2D eigenvalue weighted by Crippen LogP contribution is 2.19. The maximum Gasteiger partial charge on any atom is 0.409 e. The molecule has 1 aliphatic heterocycles. The second-order valence-corrected chi connectivity index (χ2v) is 7.35. The van der Waals surface area contributed by atoms with E-state index in [4.69, 9.17) is 4.74 Å². The zero-order valence-electron chi connectivity index (χ0n) is 16.1. The molecule has 0 unspecified atom stereocenters. The smallest absolute Gasteiger partial charge is 0.409 e. The molecule has 2 N–H and O–H groups in total. The highest BCUT2D eigenvalue weighted by Gasteiger charge is 2.23. The molecule has 0 bridgehead atoms. The van der Waals surface area contributed by atoms with Gasteiger partial charge in [-0.15, -0.1) is 0 Å². The highest BCUT2D eigenvalue weighted by atomic mass is 16.6. The first kappa shape index (κ1) is 19.5. The van der Waals surface area contributed by atoms with Crippen molar-refractivity contribution >= 4 is 17.7 Å². The Hall–Kier alpha value is -2.31. The number of anilines is 1. The van der Waals surface area contributed by atoms with Gasteiger partial charge in [0.15, 0.2) is 0 Å². The minimum atomic E-state index is -0.231. The first-order valence-corrected chi connectivity index (χ1v) is 10.1. The Morgan fingerprint density at radius 3 is 2.48 bits per heavy atom. The largest absolute Gasteiger partial charge is 0.450 e. The number of rotatable bonds is 5. The molecule has 2 heterocycles. The van der Waals surface area contributed by atoms with E-state index in [-0.39, 0.29) is 18.0 Å². The number of amides is 2. The maximum atomic E-state index is 12.3. The van der Waals surface area contributed by atoms with E-state index in [1.54, 1.807) is 17.2 Å². The molecule has 2 amide bonds. The quantitative estimate of drug-likeness (QED) is 0.827. The number of likely N-dealkylation sites (tertiary alicyclic amines) is 1. The number of carbonyl (C=O) groups is 2. The van der Waals surface area contributed by atoms with E-state index in [9.17, 15) is 9.59 Å². The van der Waals surface area contributed by atoms with E-state index < -0.39 is 0 Å². The fraction of sp³-hybridized carbons (Fsp3) is 0.650. The maximum absolute atomic E-state index is 12.3. The van der Waals surface area contributed by atoms with Gasteiger partial charge in [0.25, 0.3) is 5.91 Å². The molecule has 27 heavy (non-hydrogen) atoms. The molecule has 1 aromatic rings. The number of piperidine rings is 1. The van der Waals surface area contributed by atoms with Crippen LogP contribution in [0.5, 0.6) is 0 Å². The zero-order valence-corrected chi connectivity index (χ0v) is 16.1. The van der Waals surface area contributed by atoms with Crippen LogP contribution in [0, 0.1) is 0 Å². The van der Waals surface area contributed by atoms with Gasteiger partial charge < -0.3 is 20.3 Å². The number of pyridine rings is 1. The molecular formula is C20H30N4O3. The number of ether oxygens (including phenoxy) is 1. The predicted molar refractivity (Wildman–Crippen MR) is 104 cm³/mol. The van der Waals surface area contributed by atoms with Crippen LogP contribution in [0.2, 0.25) is 0 Å². The molecule has 0 spiro atoms. The van der Waals surface area contributed by atoms with Crippen LogP contribution in [-0.2, 0) is 4.74 Å². The van der Waals surface area contributed by atoms with Crippen molar-refractivity contribution < 1.29 is 14.3 Å². The molecule has 3 rings (SSSR count). The summed E-state index contributed by atoms with van der Waals surface area (Å²) in [5.74, 6) is -0.0869. The average molecular weight is 374 g/mol. The Morgan fingerprint density at radius 2 is 1.85 bits per heavy atom. The van der Waals surface area contributed by atoms with Crippen molar-refractivity contribution in [2.75, 3.05) is 25.0 Å². The predicted octanol–water partition coefficient (Wildman–Crippen LogP) is 3.18. The minimum absolute atomic E-state index is 0.0869. The molecule has 7 nitrogen and oxygen atoms in total. The molecule has 2 fully saturated rings. The van der Waals surface area contributed by atoms with Crippen molar-refractivity contribution in [1.82, 2.24) is 15.2 Å². The third kappa shape index (κ3) is 5.58. The average Bonchev–Trinajstić information content (AvgIpc) is 2.70. The molecule has 148 valence electrons. The summed E-state index contributed by atoms with van der Waals surface area (Å²) in [5.41, 5.74) is 1.36. The summed E-state index contributed by atoms with van der Waals surface area (Å²) >= 11 is 0. The van der Waals surface area contributed by atoms with Gasteiger partial charge in [0.05, 0.1) is 18.5 Å². The van der Waals surface area contributed by atoms with Gasteiger partial charge in [-0.2, -0.15) is 0 Å². The third-order valence-corrected chi connectivity index (χ3v) is 5.33. The first-order chi connectivity index (χ1) is 13.2. The zero-order chi connectivity index (χ0) is 19.1. The Labute approximate surface area is 160 Å². The lowest BCUT2D eigenvalue weighted by Gasteiger charge is -2.32. The van der Waals surface area contributed by atoms with Crippen molar-refractivity contribution in [3.63, 3.8) is 0 Å². The van der Waals surface area contributed by atoms with Crippen LogP contribution >= 0.6 is 0 Å². The Morgan fingerprint density at radius 1 is 1.11 bits per heavy atom. The van der Waals surface area contributed by atoms with Gasteiger partial charge in [-0.05, 0) is 44.7 Å². The number of nitrogens with zero attached hydrogens (tertiary/aromatic N) is 2. The molecule has 1 saturated carbocycles. The second-order valence-electron chi connectivity index (χ2n) is 7.35. The number of hydrogen-bond acceptors (Lipinski definition) is 5. The van der Waals surface area contributed by atoms with Gasteiger partial charge in [-0.25, -0.2) is 9.78 Å². The van der Waals surface area contributed by atoms with Gasteiger partial charge in [0.1, 0.15) is 5.69 Å². The lowest BCUT2D eigenvalue weighted by molar-refractivity contribution is 0.0922. The lowest BCUT2D eigenvalue weighted by atomic mass is 9.95. The van der Waals surface area contributed by atoms with Crippen LogP contribution < -0.4 is 10.6 Å². The first-order valence-electron chi connectivity index (χ1n) is 10.1. The molecule has 1 aromatic heterocycles. The van der Waals surface area contributed by atoms with Crippen molar-refractivity contribution in [3.05, 3.63) is 24.0 Å². The van der Waals surface area contributed by atoms with E-state index in [1.807, 2.05) is 13.0 Å². The van der Waals surface area contributed by atoms with Crippen LogP contribution in [0.25, 0.3) is 0 Å². The lowest BCUT2D eigenvalue weighted by Crippen LogP contribution is -2.42. The summed E-state index contributed by atoms with van der Waals surface area (Å²) in [7, 11) is 0. The SMILES string of the molecule is CCOC(=O)N1CCC(Nc2ccc(C(=O)NC3CCCCC3)nc2)CC1. The normalized spacial score (nSPS) is 18.8. The van der Waals surface area contributed by atoms with Gasteiger partial charge in [0.2, 0.25) is 0 Å². The van der Waals surface area contributed by atoms with Crippen molar-refractivity contribution in [1.29, 1.82) is 0 Å². The molecule has 0 atom stereocenters. The number of carbonyl (C=O) groups excluding carboxylic acids is 2. The monoisotopic (exact) mass is 374 g/mol. The molecule has 0 aromatic carbocycles. The Kier molecular flexibility index (Phi) is 6.90. The molecule has 1 aliphatic carbocycles. The molecular weight excluding hydrogens is 344 g/mol. The highest BCUT2D eigenvalue weighted by molar-refractivity contribution is 5.92. The standard InChI is InChI=1S/C20H30N4O3/c1-2-27-20(26)24-12-10-16(11-13-24)22-17-8-9-18(21-14-17)19(25)23-15-6-4-3-5-7-15/h8-9,14-16,22H,2-7,10-13H2,1H3,(H,23,25). The van der Waals surface area contributed by atoms with Crippen molar-refractivity contribution in [2.45, 2.75) is 64.0 Å². The van der Waals surface area contributed by atoms with Gasteiger partial charge in [-0.1, -0.05) is 19.3 Å². The van der Waals surface area contributed by atoms with Gasteiger partial charge in [0, 0.05) is 25.2 Å². The summed E-state index contributed by atoms with van der Waals surface area (Å²) in [6.45, 7) is 3.60. The van der Waals surface area contributed by atoms with E-state index in [0.717, 1.165) is 31.4 Å².